The second-order valence-corrected chi connectivity index (χ2v) is 5.67. The van der Waals surface area contributed by atoms with Gasteiger partial charge in [-0.25, -0.2) is 9.97 Å². The average molecular weight is 325 g/mol. The summed E-state index contributed by atoms with van der Waals surface area (Å²) in [6.45, 7) is 2.54. The molecule has 6 heteroatoms. The van der Waals surface area contributed by atoms with Gasteiger partial charge < -0.3 is 9.47 Å². The van der Waals surface area contributed by atoms with Crippen molar-refractivity contribution in [1.29, 1.82) is 0 Å². The zero-order chi connectivity index (χ0) is 14.9. The predicted octanol–water partition coefficient (Wildman–Crippen LogP) is 3.81. The zero-order valence-corrected chi connectivity index (χ0v) is 12.9. The minimum absolute atomic E-state index is 0.00282. The Bertz CT molecular complexity index is 639. The lowest BCUT2D eigenvalue weighted by molar-refractivity contribution is -0.143. The minimum Gasteiger partial charge on any atom is -0.339 e. The van der Waals surface area contributed by atoms with Gasteiger partial charge in [-0.15, -0.1) is 0 Å². The highest BCUT2D eigenvalue weighted by Crippen LogP contribution is 2.43. The van der Waals surface area contributed by atoms with Gasteiger partial charge >= 0.3 is 0 Å². The molecule has 2 aromatic rings. The summed E-state index contributed by atoms with van der Waals surface area (Å²) in [5.41, 5.74) is 1.42. The van der Waals surface area contributed by atoms with E-state index in [2.05, 4.69) is 16.9 Å². The van der Waals surface area contributed by atoms with E-state index in [9.17, 15) is 0 Å². The lowest BCUT2D eigenvalue weighted by Crippen LogP contribution is -2.30. The molecule has 0 spiro atoms. The number of rotatable bonds is 3. The van der Waals surface area contributed by atoms with E-state index in [0.717, 1.165) is 6.42 Å². The molecule has 1 saturated heterocycles. The Labute approximate surface area is 133 Å². The fourth-order valence-corrected chi connectivity index (χ4v) is 2.92. The van der Waals surface area contributed by atoms with Gasteiger partial charge in [0.1, 0.15) is 6.33 Å². The number of halogens is 2. The topological polar surface area (TPSA) is 44.2 Å². The number of nitrogens with zero attached hydrogens (tertiary/aromatic N) is 2. The Balaban J connectivity index is 2.13. The second kappa shape index (κ2) is 5.89. The highest BCUT2D eigenvalue weighted by molar-refractivity contribution is 6.35. The summed E-state index contributed by atoms with van der Waals surface area (Å²) < 4.78 is 12.2. The van der Waals surface area contributed by atoms with E-state index >= 15 is 0 Å². The molecule has 0 N–H and O–H groups in total. The van der Waals surface area contributed by atoms with Crippen LogP contribution in [-0.2, 0) is 15.3 Å². The van der Waals surface area contributed by atoms with Crippen molar-refractivity contribution in [3.8, 4) is 0 Å². The maximum absolute atomic E-state index is 6.35. The third-order valence-corrected chi connectivity index (χ3v) is 4.03. The van der Waals surface area contributed by atoms with Crippen LogP contribution in [0, 0.1) is 0 Å². The van der Waals surface area contributed by atoms with E-state index in [1.165, 1.54) is 6.33 Å². The molecule has 2 atom stereocenters. The quantitative estimate of drug-likeness (QED) is 0.861. The fraction of sp³-hybridized carbons (Fsp3) is 0.333. The van der Waals surface area contributed by atoms with Crippen molar-refractivity contribution in [3.05, 3.63) is 58.1 Å². The molecule has 1 aromatic carbocycles. The number of aromatic nitrogens is 2. The summed E-state index contributed by atoms with van der Waals surface area (Å²) in [5.74, 6) is -1.08. The van der Waals surface area contributed by atoms with E-state index in [1.54, 1.807) is 24.5 Å². The van der Waals surface area contributed by atoms with Crippen LogP contribution < -0.4 is 0 Å². The standard InChI is InChI=1S/C15H14Cl2N2O2/c1-2-12-8-20-15(21-12,10-6-18-9-19-7-10)13-4-3-11(16)5-14(13)17/h3-7,9,12H,2,8H2,1H3. The molecule has 21 heavy (non-hydrogen) atoms. The summed E-state index contributed by atoms with van der Waals surface area (Å²) in [6, 6.07) is 5.26. The van der Waals surface area contributed by atoms with Crippen LogP contribution in [0.25, 0.3) is 0 Å². The molecular weight excluding hydrogens is 311 g/mol. The van der Waals surface area contributed by atoms with Crippen molar-refractivity contribution >= 4 is 23.2 Å². The summed E-state index contributed by atoms with van der Waals surface area (Å²) in [4.78, 5) is 8.12. The molecule has 0 aliphatic carbocycles. The van der Waals surface area contributed by atoms with Crippen LogP contribution in [0.2, 0.25) is 10.0 Å². The maximum Gasteiger partial charge on any atom is 0.227 e. The zero-order valence-electron chi connectivity index (χ0n) is 11.4. The third kappa shape index (κ3) is 2.64. The Morgan fingerprint density at radius 3 is 2.67 bits per heavy atom. The van der Waals surface area contributed by atoms with Gasteiger partial charge in [-0.2, -0.15) is 0 Å². The van der Waals surface area contributed by atoms with Gasteiger partial charge in [0.2, 0.25) is 5.79 Å². The van der Waals surface area contributed by atoms with Crippen LogP contribution in [-0.4, -0.2) is 22.7 Å². The Morgan fingerprint density at radius 1 is 1.29 bits per heavy atom. The van der Waals surface area contributed by atoms with Gasteiger partial charge in [0, 0.05) is 23.0 Å². The number of hydrogen-bond donors (Lipinski definition) is 0. The van der Waals surface area contributed by atoms with Crippen LogP contribution in [0.1, 0.15) is 24.5 Å². The highest BCUT2D eigenvalue weighted by Gasteiger charge is 2.46. The van der Waals surface area contributed by atoms with Crippen molar-refractivity contribution < 1.29 is 9.47 Å². The first-order valence-corrected chi connectivity index (χ1v) is 7.44. The SMILES string of the molecule is CCC1COC(c2cncnc2)(c2ccc(Cl)cc2Cl)O1. The second-order valence-electron chi connectivity index (χ2n) is 4.83. The summed E-state index contributed by atoms with van der Waals surface area (Å²) >= 11 is 12.3. The number of hydrogen-bond acceptors (Lipinski definition) is 4. The smallest absolute Gasteiger partial charge is 0.227 e. The largest absolute Gasteiger partial charge is 0.339 e. The fourth-order valence-electron chi connectivity index (χ4n) is 2.39. The normalized spacial score (nSPS) is 25.2. The Morgan fingerprint density at radius 2 is 2.05 bits per heavy atom. The molecule has 0 amide bonds. The van der Waals surface area contributed by atoms with Crippen LogP contribution in [0.3, 0.4) is 0 Å². The molecule has 1 aromatic heterocycles. The highest BCUT2D eigenvalue weighted by atomic mass is 35.5. The molecule has 1 aliphatic heterocycles. The average Bonchev–Trinajstić information content (AvgIpc) is 2.93. The summed E-state index contributed by atoms with van der Waals surface area (Å²) in [5, 5.41) is 1.05. The van der Waals surface area contributed by atoms with Crippen LogP contribution in [0.5, 0.6) is 0 Å². The monoisotopic (exact) mass is 324 g/mol. The molecule has 2 heterocycles. The van der Waals surface area contributed by atoms with E-state index in [-0.39, 0.29) is 6.10 Å². The lowest BCUT2D eigenvalue weighted by Gasteiger charge is -2.29. The molecule has 110 valence electrons. The molecule has 2 unspecified atom stereocenters. The lowest BCUT2D eigenvalue weighted by atomic mass is 9.99. The van der Waals surface area contributed by atoms with E-state index < -0.39 is 5.79 Å². The predicted molar refractivity (Wildman–Crippen MR) is 80.4 cm³/mol. The summed E-state index contributed by atoms with van der Waals surface area (Å²) in [6.07, 6.45) is 5.66. The molecule has 0 radical (unpaired) electrons. The van der Waals surface area contributed by atoms with Gasteiger partial charge in [-0.05, 0) is 18.6 Å². The van der Waals surface area contributed by atoms with Crippen LogP contribution >= 0.6 is 23.2 Å². The van der Waals surface area contributed by atoms with E-state index in [4.69, 9.17) is 32.7 Å². The van der Waals surface area contributed by atoms with Crippen molar-refractivity contribution in [2.75, 3.05) is 6.61 Å². The first kappa shape index (κ1) is 14.7. The molecule has 1 fully saturated rings. The Kier molecular flexibility index (Phi) is 4.13. The van der Waals surface area contributed by atoms with Crippen LogP contribution in [0.15, 0.2) is 36.9 Å². The van der Waals surface area contributed by atoms with Gasteiger partial charge in [0.25, 0.3) is 0 Å². The minimum atomic E-state index is -1.08. The van der Waals surface area contributed by atoms with Crippen LogP contribution in [0.4, 0.5) is 0 Å². The van der Waals surface area contributed by atoms with Gasteiger partial charge in [0.05, 0.1) is 23.3 Å². The molecule has 4 nitrogen and oxygen atoms in total. The van der Waals surface area contributed by atoms with E-state index in [1.807, 2.05) is 6.07 Å². The molecule has 0 saturated carbocycles. The maximum atomic E-state index is 6.35. The third-order valence-electron chi connectivity index (χ3n) is 3.49. The van der Waals surface area contributed by atoms with Crippen molar-refractivity contribution in [1.82, 2.24) is 9.97 Å². The first-order valence-electron chi connectivity index (χ1n) is 6.68. The molecule has 0 bridgehead atoms. The van der Waals surface area contributed by atoms with Crippen molar-refractivity contribution in [2.45, 2.75) is 25.2 Å². The summed E-state index contributed by atoms with van der Waals surface area (Å²) in [7, 11) is 0. The molecular formula is C15H14Cl2N2O2. The Hall–Kier alpha value is -1.20. The van der Waals surface area contributed by atoms with Crippen molar-refractivity contribution in [3.63, 3.8) is 0 Å². The van der Waals surface area contributed by atoms with Gasteiger partial charge in [-0.1, -0.05) is 36.2 Å². The number of ether oxygens (including phenoxy) is 2. The van der Waals surface area contributed by atoms with Gasteiger partial charge in [-0.3, -0.25) is 0 Å². The number of benzene rings is 1. The first-order chi connectivity index (χ1) is 10.2. The van der Waals surface area contributed by atoms with Gasteiger partial charge in [0.15, 0.2) is 0 Å². The van der Waals surface area contributed by atoms with Crippen molar-refractivity contribution in [2.24, 2.45) is 0 Å². The molecule has 3 rings (SSSR count). The molecule has 1 aliphatic rings. The van der Waals surface area contributed by atoms with E-state index in [0.29, 0.717) is 27.8 Å².